The molecule has 2 aromatic rings. The van der Waals surface area contributed by atoms with Gasteiger partial charge in [-0.25, -0.2) is 8.42 Å². The molecule has 0 amide bonds. The first kappa shape index (κ1) is 20.4. The number of hydrogen-bond acceptors (Lipinski definition) is 6. The minimum Gasteiger partial charge on any atom is -0.419 e. The fraction of sp³-hybridized carbons (Fsp3) is 0.500. The first-order valence-electron chi connectivity index (χ1n) is 9.56. The Labute approximate surface area is 166 Å². The third kappa shape index (κ3) is 4.37. The van der Waals surface area contributed by atoms with Crippen molar-refractivity contribution in [1.82, 2.24) is 9.29 Å². The number of oxazole rings is 1. The molecule has 0 radical (unpaired) electrons. The van der Waals surface area contributed by atoms with Crippen LogP contribution < -0.4 is 5.32 Å². The van der Waals surface area contributed by atoms with Gasteiger partial charge in [0.1, 0.15) is 6.07 Å². The lowest BCUT2D eigenvalue weighted by Crippen LogP contribution is -2.39. The van der Waals surface area contributed by atoms with Crippen LogP contribution in [0.4, 0.5) is 5.88 Å². The number of rotatable bonds is 6. The fourth-order valence-corrected chi connectivity index (χ4v) is 4.82. The lowest BCUT2D eigenvalue weighted by molar-refractivity contribution is 0.281. The van der Waals surface area contributed by atoms with Crippen molar-refractivity contribution < 1.29 is 12.8 Å². The maximum absolute atomic E-state index is 12.9. The molecular weight excluding hydrogens is 376 g/mol. The van der Waals surface area contributed by atoms with Crippen molar-refractivity contribution >= 4 is 15.9 Å². The summed E-state index contributed by atoms with van der Waals surface area (Å²) >= 11 is 0. The molecule has 28 heavy (non-hydrogen) atoms. The van der Waals surface area contributed by atoms with E-state index in [0.29, 0.717) is 48.8 Å². The van der Waals surface area contributed by atoms with Gasteiger partial charge in [0.2, 0.25) is 27.5 Å². The zero-order valence-electron chi connectivity index (χ0n) is 16.5. The second kappa shape index (κ2) is 8.33. The summed E-state index contributed by atoms with van der Waals surface area (Å²) in [5.41, 5.74) is 0.815. The summed E-state index contributed by atoms with van der Waals surface area (Å²) < 4.78 is 33.0. The second-order valence-electron chi connectivity index (χ2n) is 7.72. The van der Waals surface area contributed by atoms with E-state index in [1.165, 1.54) is 0 Å². The zero-order valence-corrected chi connectivity index (χ0v) is 17.3. The molecule has 1 unspecified atom stereocenters. The van der Waals surface area contributed by atoms with Crippen molar-refractivity contribution in [3.8, 4) is 17.5 Å². The van der Waals surface area contributed by atoms with Crippen LogP contribution in [0.25, 0.3) is 11.5 Å². The summed E-state index contributed by atoms with van der Waals surface area (Å²) in [7, 11) is -3.50. The molecule has 1 aromatic heterocycles. The smallest absolute Gasteiger partial charge is 0.243 e. The third-order valence-corrected chi connectivity index (χ3v) is 6.64. The number of sulfonamides is 1. The number of anilines is 1. The Morgan fingerprint density at radius 3 is 2.68 bits per heavy atom. The number of nitrogens with zero attached hydrogens (tertiary/aromatic N) is 3. The summed E-state index contributed by atoms with van der Waals surface area (Å²) in [6, 6.07) is 8.50. The number of piperidine rings is 1. The van der Waals surface area contributed by atoms with Crippen LogP contribution in [0.3, 0.4) is 0 Å². The molecule has 1 aromatic carbocycles. The molecule has 1 aliphatic heterocycles. The van der Waals surface area contributed by atoms with Gasteiger partial charge in [-0.05, 0) is 48.9 Å². The highest BCUT2D eigenvalue weighted by molar-refractivity contribution is 7.89. The fourth-order valence-electron chi connectivity index (χ4n) is 3.22. The lowest BCUT2D eigenvalue weighted by atomic mass is 10.0. The molecule has 0 bridgehead atoms. The monoisotopic (exact) mass is 402 g/mol. The molecule has 0 spiro atoms. The summed E-state index contributed by atoms with van der Waals surface area (Å²) in [5.74, 6) is 1.39. The van der Waals surface area contributed by atoms with Crippen LogP contribution in [0.1, 0.15) is 39.3 Å². The Kier molecular flexibility index (Phi) is 6.06. The molecule has 7 nitrogen and oxygen atoms in total. The molecule has 1 saturated heterocycles. The third-order valence-electron chi connectivity index (χ3n) is 4.76. The van der Waals surface area contributed by atoms with E-state index in [0.717, 1.165) is 12.8 Å². The zero-order chi connectivity index (χ0) is 20.3. The average molecular weight is 403 g/mol. The molecule has 3 rings (SSSR count). The minimum atomic E-state index is -3.50. The van der Waals surface area contributed by atoms with Gasteiger partial charge in [0.15, 0.2) is 0 Å². The van der Waals surface area contributed by atoms with Crippen molar-refractivity contribution in [2.24, 2.45) is 11.8 Å². The van der Waals surface area contributed by atoms with Gasteiger partial charge >= 0.3 is 0 Å². The SMILES string of the molecule is CC(C)CNc1oc(-c2ccc(S(=O)(=O)N3CCCC(C)C3)cc2)nc1C#N. The summed E-state index contributed by atoms with van der Waals surface area (Å²) in [5, 5.41) is 12.3. The molecule has 150 valence electrons. The van der Waals surface area contributed by atoms with Crippen LogP contribution >= 0.6 is 0 Å². The molecule has 0 aliphatic carbocycles. The van der Waals surface area contributed by atoms with Crippen LogP contribution in [0.5, 0.6) is 0 Å². The number of benzene rings is 1. The van der Waals surface area contributed by atoms with Crippen LogP contribution in [-0.4, -0.2) is 37.3 Å². The quantitative estimate of drug-likeness (QED) is 0.791. The molecule has 2 heterocycles. The van der Waals surface area contributed by atoms with Gasteiger partial charge < -0.3 is 9.73 Å². The summed E-state index contributed by atoms with van der Waals surface area (Å²) in [4.78, 5) is 4.48. The first-order valence-corrected chi connectivity index (χ1v) is 11.0. The Balaban J connectivity index is 1.82. The van der Waals surface area contributed by atoms with Gasteiger partial charge in [-0.3, -0.25) is 0 Å². The molecule has 1 N–H and O–H groups in total. The predicted molar refractivity (Wildman–Crippen MR) is 107 cm³/mol. The highest BCUT2D eigenvalue weighted by atomic mass is 32.2. The molecule has 0 saturated carbocycles. The Morgan fingerprint density at radius 1 is 1.36 bits per heavy atom. The van der Waals surface area contributed by atoms with E-state index in [4.69, 9.17) is 4.42 Å². The maximum Gasteiger partial charge on any atom is 0.243 e. The predicted octanol–water partition coefficient (Wildman–Crippen LogP) is 3.70. The Morgan fingerprint density at radius 2 is 2.07 bits per heavy atom. The van der Waals surface area contributed by atoms with E-state index < -0.39 is 10.0 Å². The summed E-state index contributed by atoms with van der Waals surface area (Å²) in [6.45, 7) is 7.96. The van der Waals surface area contributed by atoms with Crippen molar-refractivity contribution in [2.75, 3.05) is 25.0 Å². The van der Waals surface area contributed by atoms with E-state index in [1.54, 1.807) is 28.6 Å². The van der Waals surface area contributed by atoms with Crippen LogP contribution in [-0.2, 0) is 10.0 Å². The van der Waals surface area contributed by atoms with Crippen LogP contribution in [0.15, 0.2) is 33.6 Å². The normalized spacial score (nSPS) is 18.2. The number of nitriles is 1. The Hall–Kier alpha value is -2.37. The number of hydrogen-bond donors (Lipinski definition) is 1. The van der Waals surface area contributed by atoms with Gasteiger partial charge in [0.25, 0.3) is 0 Å². The topological polar surface area (TPSA) is 99.2 Å². The molecular formula is C20H26N4O3S. The largest absolute Gasteiger partial charge is 0.419 e. The highest BCUT2D eigenvalue weighted by Crippen LogP contribution is 2.28. The number of nitrogens with one attached hydrogen (secondary N) is 1. The first-order chi connectivity index (χ1) is 13.3. The van der Waals surface area contributed by atoms with Crippen LogP contribution in [0, 0.1) is 23.2 Å². The van der Waals surface area contributed by atoms with E-state index in [9.17, 15) is 13.7 Å². The lowest BCUT2D eigenvalue weighted by Gasteiger charge is -2.30. The summed E-state index contributed by atoms with van der Waals surface area (Å²) in [6.07, 6.45) is 1.95. The second-order valence-corrected chi connectivity index (χ2v) is 9.66. The number of aromatic nitrogens is 1. The standard InChI is InChI=1S/C20H26N4O3S/c1-14(2)12-22-20-18(11-21)23-19(27-20)16-6-8-17(9-7-16)28(25,26)24-10-4-5-15(3)13-24/h6-9,14-15,22H,4-5,10,12-13H2,1-3H3. The van der Waals surface area contributed by atoms with E-state index in [1.807, 2.05) is 6.07 Å². The molecule has 8 heteroatoms. The van der Waals surface area contributed by atoms with Crippen molar-refractivity contribution in [3.63, 3.8) is 0 Å². The minimum absolute atomic E-state index is 0.189. The van der Waals surface area contributed by atoms with E-state index >= 15 is 0 Å². The van der Waals surface area contributed by atoms with Gasteiger partial charge in [-0.15, -0.1) is 0 Å². The van der Waals surface area contributed by atoms with Crippen LogP contribution in [0.2, 0.25) is 0 Å². The van der Waals surface area contributed by atoms with Gasteiger partial charge in [-0.2, -0.15) is 14.6 Å². The van der Waals surface area contributed by atoms with Crippen molar-refractivity contribution in [3.05, 3.63) is 30.0 Å². The average Bonchev–Trinajstić information content (AvgIpc) is 3.10. The molecule has 1 fully saturated rings. The van der Waals surface area contributed by atoms with Crippen molar-refractivity contribution in [2.45, 2.75) is 38.5 Å². The van der Waals surface area contributed by atoms with Gasteiger partial charge in [-0.1, -0.05) is 20.8 Å². The Bertz CT molecular complexity index is 958. The molecule has 1 aliphatic rings. The van der Waals surface area contributed by atoms with E-state index in [2.05, 4.69) is 31.1 Å². The van der Waals surface area contributed by atoms with Crippen molar-refractivity contribution in [1.29, 1.82) is 5.26 Å². The van der Waals surface area contributed by atoms with Gasteiger partial charge in [0.05, 0.1) is 4.90 Å². The highest BCUT2D eigenvalue weighted by Gasteiger charge is 2.28. The van der Waals surface area contributed by atoms with E-state index in [-0.39, 0.29) is 10.6 Å². The van der Waals surface area contributed by atoms with Gasteiger partial charge in [0, 0.05) is 25.2 Å². The maximum atomic E-state index is 12.9. The molecule has 1 atom stereocenters.